The van der Waals surface area contributed by atoms with Gasteiger partial charge in [0.05, 0.1) is 0 Å². The molecule has 0 aromatic heterocycles. The second-order valence-corrected chi connectivity index (χ2v) is 18.7. The fraction of sp³-hybridized carbons (Fsp3) is 0.0208. The third-order valence-corrected chi connectivity index (χ3v) is 13.5. The minimum absolute atomic E-state index is 0.498. The minimum Gasteiger partial charge on any atom is -0.310 e. The van der Waals surface area contributed by atoms with Crippen LogP contribution in [0.2, 0.25) is 0 Å². The zero-order valence-corrected chi connectivity index (χ0v) is 33.3. The average Bonchev–Trinajstić information content (AvgIpc) is 3.98. The first kappa shape index (κ1) is 33.1. The summed E-state index contributed by atoms with van der Waals surface area (Å²) in [5, 5.41) is 8.55. The number of halogens is 2. The summed E-state index contributed by atoms with van der Waals surface area (Å²) < 4.78 is 1.89. The van der Waals surface area contributed by atoms with E-state index in [1.807, 2.05) is 53.1 Å². The lowest BCUT2D eigenvalue weighted by Gasteiger charge is -2.25. The monoisotopic (exact) mass is 811 g/mol. The molecule has 0 saturated carbocycles. The van der Waals surface area contributed by atoms with Gasteiger partial charge in [0.15, 0.2) is 35.3 Å². The molecule has 5 heterocycles. The summed E-state index contributed by atoms with van der Waals surface area (Å²) in [5.74, 6) is 3.74. The van der Waals surface area contributed by atoms with E-state index >= 15 is 0 Å². The van der Waals surface area contributed by atoms with E-state index in [-0.39, 0.29) is 0 Å². The molecule has 13 rings (SSSR count). The predicted molar refractivity (Wildman–Crippen MR) is 244 cm³/mol. The zero-order valence-electron chi connectivity index (χ0n) is 30.8. The van der Waals surface area contributed by atoms with E-state index in [0.717, 1.165) is 87.6 Å². The molecule has 0 saturated heterocycles. The Balaban J connectivity index is 1.14. The quantitative estimate of drug-likeness (QED) is 0.120. The fourth-order valence-electron chi connectivity index (χ4n) is 8.87. The second-order valence-electron chi connectivity index (χ2n) is 15.1. The maximum absolute atomic E-state index is 7.17. The molecule has 1 unspecified atom stereocenters. The number of fused-ring (bicyclic) bond motifs is 20. The van der Waals surface area contributed by atoms with E-state index in [4.69, 9.17) is 57.1 Å². The van der Waals surface area contributed by atoms with Gasteiger partial charge in [0.2, 0.25) is 0 Å². The maximum atomic E-state index is 7.17. The van der Waals surface area contributed by atoms with Crippen LogP contribution < -0.4 is 0 Å². The Morgan fingerprint density at radius 2 is 0.661 bits per heavy atom. The predicted octanol–water partition coefficient (Wildman–Crippen LogP) is 10.5. The third kappa shape index (κ3) is 4.99. The molecule has 5 aliphatic heterocycles. The molecule has 8 nitrogen and oxygen atoms in total. The van der Waals surface area contributed by atoms with Crippen LogP contribution in [0.5, 0.6) is 0 Å². The minimum atomic E-state index is -2.35. The number of hydrogen-bond donors (Lipinski definition) is 0. The van der Waals surface area contributed by atoms with E-state index in [2.05, 4.69) is 97.1 Å². The Morgan fingerprint density at radius 3 is 1.08 bits per heavy atom. The van der Waals surface area contributed by atoms with Crippen molar-refractivity contribution in [2.24, 2.45) is 34.9 Å². The smallest absolute Gasteiger partial charge is 0.310 e. The molecule has 5 aliphatic rings. The lowest BCUT2D eigenvalue weighted by atomic mass is 9.99. The number of nitrogens with zero attached hydrogens (tertiary/aromatic N) is 8. The summed E-state index contributed by atoms with van der Waals surface area (Å²) in [7, 11) is -2.35. The standard InChI is InChI=1S/C48H25Cl2N8Si/c49-59(50)58-47-39-23-31-15-7-5-13-29(31)21-37(39)45(56-47)54-43-35-19-27-11-3-1-9-25(27)17-33(35)41(52-43)51-42-34-18-26-10-2-4-12-28(26)20-36(34)44(53-42)55-46-38-22-30-14-6-8-16-32(30)24-40(38)48(58)57-46/h1-24,41H. The lowest BCUT2D eigenvalue weighted by molar-refractivity contribution is 0.797. The van der Waals surface area contributed by atoms with Gasteiger partial charge in [-0.2, -0.15) is 0 Å². The first-order valence-electron chi connectivity index (χ1n) is 19.2. The fourth-order valence-corrected chi connectivity index (χ4v) is 10.5. The molecule has 0 N–H and O–H groups in total. The summed E-state index contributed by atoms with van der Waals surface area (Å²) >= 11 is 14.3. The number of hydrogen-bond acceptors (Lipinski definition) is 8. The van der Waals surface area contributed by atoms with Crippen LogP contribution in [-0.2, 0) is 0 Å². The van der Waals surface area contributed by atoms with Crippen LogP contribution >= 0.6 is 22.2 Å². The van der Waals surface area contributed by atoms with Gasteiger partial charge in [0.1, 0.15) is 11.7 Å². The average molecular weight is 813 g/mol. The molecule has 1 atom stereocenters. The summed E-state index contributed by atoms with van der Waals surface area (Å²) in [6.07, 6.45) is -0.618. The molecule has 275 valence electrons. The van der Waals surface area contributed by atoms with Crippen molar-refractivity contribution in [1.82, 2.24) is 4.57 Å². The summed E-state index contributed by atoms with van der Waals surface area (Å²) in [5.41, 5.74) is 6.97. The highest BCUT2D eigenvalue weighted by molar-refractivity contribution is 7.33. The van der Waals surface area contributed by atoms with Gasteiger partial charge in [-0.15, -0.1) is 22.2 Å². The first-order valence-corrected chi connectivity index (χ1v) is 22.7. The number of amidine groups is 7. The molecule has 0 fully saturated rings. The van der Waals surface area contributed by atoms with Crippen molar-refractivity contribution in [3.8, 4) is 0 Å². The van der Waals surface area contributed by atoms with E-state index in [1.54, 1.807) is 0 Å². The van der Waals surface area contributed by atoms with Crippen LogP contribution in [0.1, 0.15) is 50.7 Å². The van der Waals surface area contributed by atoms with Crippen LogP contribution in [-0.4, -0.2) is 53.0 Å². The molecule has 1 radical (unpaired) electrons. The molecule has 8 bridgehead atoms. The van der Waals surface area contributed by atoms with E-state index < -0.39 is 13.7 Å². The van der Waals surface area contributed by atoms with E-state index in [1.165, 1.54) is 0 Å². The third-order valence-electron chi connectivity index (χ3n) is 11.7. The molecule has 0 spiro atoms. The largest absolute Gasteiger partial charge is 0.402 e. The van der Waals surface area contributed by atoms with Gasteiger partial charge in [-0.1, -0.05) is 97.1 Å². The van der Waals surface area contributed by atoms with Crippen LogP contribution in [0, 0.1) is 0 Å². The molecular formula is C48H25Cl2N8Si. The molecule has 8 aromatic carbocycles. The summed E-state index contributed by atoms with van der Waals surface area (Å²) in [6, 6.07) is 50.3. The van der Waals surface area contributed by atoms with Gasteiger partial charge in [-0.25, -0.2) is 34.9 Å². The first-order chi connectivity index (χ1) is 29.0. The maximum Gasteiger partial charge on any atom is 0.402 e. The highest BCUT2D eigenvalue weighted by atomic mass is 35.7. The van der Waals surface area contributed by atoms with Crippen molar-refractivity contribution < 1.29 is 0 Å². The summed E-state index contributed by atoms with van der Waals surface area (Å²) in [4.78, 5) is 37.0. The normalized spacial score (nSPS) is 17.3. The van der Waals surface area contributed by atoms with Crippen LogP contribution in [0.25, 0.3) is 43.1 Å². The van der Waals surface area contributed by atoms with Gasteiger partial charge < -0.3 is 4.57 Å². The molecular weight excluding hydrogens is 788 g/mol. The molecule has 8 aromatic rings. The van der Waals surface area contributed by atoms with Crippen LogP contribution in [0.3, 0.4) is 0 Å². The zero-order chi connectivity index (χ0) is 38.9. The molecule has 59 heavy (non-hydrogen) atoms. The van der Waals surface area contributed by atoms with Crippen molar-refractivity contribution in [3.63, 3.8) is 0 Å². The number of aliphatic imine (C=N–C) groups is 7. The highest BCUT2D eigenvalue weighted by Crippen LogP contribution is 2.39. The second kappa shape index (κ2) is 12.3. The Kier molecular flexibility index (Phi) is 6.90. The highest BCUT2D eigenvalue weighted by Gasteiger charge is 2.39. The Bertz CT molecular complexity index is 3510. The van der Waals surface area contributed by atoms with Gasteiger partial charge in [-0.05, 0) is 91.6 Å². The Hall–Kier alpha value is -6.91. The van der Waals surface area contributed by atoms with Crippen molar-refractivity contribution in [2.75, 3.05) is 0 Å². The van der Waals surface area contributed by atoms with Crippen molar-refractivity contribution in [2.45, 2.75) is 6.17 Å². The SMILES string of the molecule is Cl[Si](Cl)N1C2=NC(=NC3=NC(=NC4N=C(N=C5N=C1c1cc6ccccc6cc15)c1cc5ccccc5cc14)c1cc4ccccc4cc13)c1cc3ccccc3cc12. The Labute approximate surface area is 347 Å². The lowest BCUT2D eigenvalue weighted by Crippen LogP contribution is -2.42. The topological polar surface area (TPSA) is 89.8 Å². The van der Waals surface area contributed by atoms with Crippen molar-refractivity contribution in [3.05, 3.63) is 190 Å². The van der Waals surface area contributed by atoms with Crippen molar-refractivity contribution in [1.29, 1.82) is 0 Å². The van der Waals surface area contributed by atoms with Gasteiger partial charge in [0, 0.05) is 44.5 Å². The molecule has 11 heteroatoms. The van der Waals surface area contributed by atoms with Gasteiger partial charge >= 0.3 is 7.58 Å². The van der Waals surface area contributed by atoms with Gasteiger partial charge in [0.25, 0.3) is 0 Å². The number of rotatable bonds is 1. The number of benzene rings is 8. The molecule has 0 aliphatic carbocycles. The summed E-state index contributed by atoms with van der Waals surface area (Å²) in [6.45, 7) is 0. The van der Waals surface area contributed by atoms with E-state index in [0.29, 0.717) is 40.8 Å². The van der Waals surface area contributed by atoms with E-state index in [9.17, 15) is 0 Å². The van der Waals surface area contributed by atoms with Crippen LogP contribution in [0.4, 0.5) is 0 Å². The van der Waals surface area contributed by atoms with Gasteiger partial charge in [-0.3, -0.25) is 0 Å². The molecule has 0 amide bonds. The van der Waals surface area contributed by atoms with Crippen LogP contribution in [0.15, 0.2) is 181 Å². The Morgan fingerprint density at radius 1 is 0.356 bits per heavy atom. The van der Waals surface area contributed by atoms with Crippen molar-refractivity contribution >= 4 is 114 Å².